The zero-order chi connectivity index (χ0) is 10.3. The van der Waals surface area contributed by atoms with Gasteiger partial charge in [0.15, 0.2) is 0 Å². The summed E-state index contributed by atoms with van der Waals surface area (Å²) in [5.41, 5.74) is 0. The van der Waals surface area contributed by atoms with Gasteiger partial charge in [-0.15, -0.1) is 0 Å². The Hall–Kier alpha value is -0.530. The summed E-state index contributed by atoms with van der Waals surface area (Å²) in [6.07, 6.45) is 5.89. The third-order valence-electron chi connectivity index (χ3n) is 2.56. The number of rotatable bonds is 6. The quantitative estimate of drug-likeness (QED) is 0.623. The monoisotopic (exact) mass is 185 g/mol. The normalized spacial score (nSPS) is 12.6. The molecule has 0 bridgehead atoms. The summed E-state index contributed by atoms with van der Waals surface area (Å²) in [5.74, 6) is 0.189. The molecule has 0 aromatic rings. The Bertz CT molecular complexity index is 145. The Morgan fingerprint density at radius 2 is 1.85 bits per heavy atom. The van der Waals surface area contributed by atoms with E-state index in [0.717, 1.165) is 19.3 Å². The minimum atomic E-state index is 0.189. The van der Waals surface area contributed by atoms with Crippen LogP contribution >= 0.6 is 0 Å². The Kier molecular flexibility index (Phi) is 6.65. The van der Waals surface area contributed by atoms with Crippen molar-refractivity contribution in [2.45, 2.75) is 58.9 Å². The molecule has 2 nitrogen and oxygen atoms in total. The lowest BCUT2D eigenvalue weighted by molar-refractivity contribution is -0.129. The first kappa shape index (κ1) is 12.5. The highest BCUT2D eigenvalue weighted by Gasteiger charge is 2.14. The molecule has 1 amide bonds. The van der Waals surface area contributed by atoms with E-state index in [1.807, 2.05) is 11.9 Å². The third-order valence-corrected chi connectivity index (χ3v) is 2.56. The van der Waals surface area contributed by atoms with Crippen LogP contribution in [0.2, 0.25) is 0 Å². The van der Waals surface area contributed by atoms with Crippen LogP contribution in [0.15, 0.2) is 0 Å². The topological polar surface area (TPSA) is 20.3 Å². The molecule has 0 aromatic heterocycles. The van der Waals surface area contributed by atoms with Crippen molar-refractivity contribution in [1.29, 1.82) is 0 Å². The molecule has 0 saturated heterocycles. The number of carbonyl (C=O) groups is 1. The van der Waals surface area contributed by atoms with Crippen molar-refractivity contribution in [1.82, 2.24) is 4.90 Å². The number of hydrogen-bond donors (Lipinski definition) is 0. The van der Waals surface area contributed by atoms with Crippen LogP contribution in [0, 0.1) is 0 Å². The lowest BCUT2D eigenvalue weighted by Gasteiger charge is -2.26. The lowest BCUT2D eigenvalue weighted by Crippen LogP contribution is -2.35. The largest absolute Gasteiger partial charge is 0.343 e. The van der Waals surface area contributed by atoms with Gasteiger partial charge in [-0.3, -0.25) is 4.79 Å². The maximum atomic E-state index is 11.1. The second-order valence-corrected chi connectivity index (χ2v) is 3.71. The van der Waals surface area contributed by atoms with Crippen molar-refractivity contribution in [3.05, 3.63) is 0 Å². The summed E-state index contributed by atoms with van der Waals surface area (Å²) in [7, 11) is 1.92. The Labute approximate surface area is 82.3 Å². The molecule has 0 N–H and O–H groups in total. The van der Waals surface area contributed by atoms with Crippen molar-refractivity contribution in [3.63, 3.8) is 0 Å². The number of amides is 1. The van der Waals surface area contributed by atoms with E-state index < -0.39 is 0 Å². The maximum absolute atomic E-state index is 11.1. The molecule has 0 fully saturated rings. The van der Waals surface area contributed by atoms with Crippen LogP contribution in [0.5, 0.6) is 0 Å². The van der Waals surface area contributed by atoms with E-state index in [-0.39, 0.29) is 5.91 Å². The van der Waals surface area contributed by atoms with E-state index in [4.69, 9.17) is 0 Å². The second kappa shape index (κ2) is 6.93. The molecule has 0 unspecified atom stereocenters. The summed E-state index contributed by atoms with van der Waals surface area (Å²) in [4.78, 5) is 13.0. The highest BCUT2D eigenvalue weighted by molar-refractivity contribution is 5.73. The fourth-order valence-corrected chi connectivity index (χ4v) is 1.56. The SMILES string of the molecule is CCCC[C@H](CCC)N(C)C(C)=O. The first-order chi connectivity index (χ1) is 6.13. The van der Waals surface area contributed by atoms with Gasteiger partial charge in [0.05, 0.1) is 0 Å². The molecule has 0 heterocycles. The molecule has 2 heteroatoms. The summed E-state index contributed by atoms with van der Waals surface area (Å²) in [5, 5.41) is 0. The maximum Gasteiger partial charge on any atom is 0.219 e. The van der Waals surface area contributed by atoms with Gasteiger partial charge in [-0.25, -0.2) is 0 Å². The molecular weight excluding hydrogens is 162 g/mol. The van der Waals surface area contributed by atoms with Crippen LogP contribution in [0.1, 0.15) is 52.9 Å². The first-order valence-corrected chi connectivity index (χ1v) is 5.36. The van der Waals surface area contributed by atoms with Gasteiger partial charge in [0.1, 0.15) is 0 Å². The molecule has 0 rings (SSSR count). The minimum Gasteiger partial charge on any atom is -0.343 e. The average Bonchev–Trinajstić information content (AvgIpc) is 2.11. The van der Waals surface area contributed by atoms with E-state index in [1.54, 1.807) is 6.92 Å². The zero-order valence-corrected chi connectivity index (χ0v) is 9.47. The number of hydrogen-bond acceptors (Lipinski definition) is 1. The highest BCUT2D eigenvalue weighted by Crippen LogP contribution is 2.12. The third kappa shape index (κ3) is 4.91. The van der Waals surface area contributed by atoms with Crippen molar-refractivity contribution in [3.8, 4) is 0 Å². The predicted octanol–water partition coefficient (Wildman–Crippen LogP) is 2.82. The van der Waals surface area contributed by atoms with E-state index in [9.17, 15) is 4.79 Å². The molecule has 0 aliphatic carbocycles. The molecule has 0 radical (unpaired) electrons. The van der Waals surface area contributed by atoms with Crippen LogP contribution in [-0.2, 0) is 4.79 Å². The van der Waals surface area contributed by atoms with Crippen LogP contribution in [0.4, 0.5) is 0 Å². The number of unbranched alkanes of at least 4 members (excludes halogenated alkanes) is 1. The van der Waals surface area contributed by atoms with Gasteiger partial charge in [0.2, 0.25) is 5.91 Å². The van der Waals surface area contributed by atoms with Gasteiger partial charge < -0.3 is 4.90 Å². The summed E-state index contributed by atoms with van der Waals surface area (Å²) >= 11 is 0. The fraction of sp³-hybridized carbons (Fsp3) is 0.909. The van der Waals surface area contributed by atoms with Gasteiger partial charge in [-0.05, 0) is 12.8 Å². The van der Waals surface area contributed by atoms with E-state index >= 15 is 0 Å². The van der Waals surface area contributed by atoms with Gasteiger partial charge in [-0.2, -0.15) is 0 Å². The first-order valence-electron chi connectivity index (χ1n) is 5.36. The summed E-state index contributed by atoms with van der Waals surface area (Å²) in [6.45, 7) is 6.01. The minimum absolute atomic E-state index is 0.189. The highest BCUT2D eigenvalue weighted by atomic mass is 16.2. The second-order valence-electron chi connectivity index (χ2n) is 3.71. The van der Waals surface area contributed by atoms with Gasteiger partial charge >= 0.3 is 0 Å². The van der Waals surface area contributed by atoms with Crippen molar-refractivity contribution in [2.75, 3.05) is 7.05 Å². The van der Waals surface area contributed by atoms with Gasteiger partial charge in [-0.1, -0.05) is 33.1 Å². The molecule has 1 atom stereocenters. The van der Waals surface area contributed by atoms with Crippen molar-refractivity contribution < 1.29 is 4.79 Å². The molecule has 0 saturated carbocycles. The van der Waals surface area contributed by atoms with Gasteiger partial charge in [0.25, 0.3) is 0 Å². The van der Waals surface area contributed by atoms with E-state index in [0.29, 0.717) is 6.04 Å². The Morgan fingerprint density at radius 1 is 1.23 bits per heavy atom. The van der Waals surface area contributed by atoms with Crippen molar-refractivity contribution in [2.24, 2.45) is 0 Å². The fourth-order valence-electron chi connectivity index (χ4n) is 1.56. The summed E-state index contributed by atoms with van der Waals surface area (Å²) in [6, 6.07) is 0.461. The van der Waals surface area contributed by atoms with E-state index in [1.165, 1.54) is 12.8 Å². The molecule has 0 spiro atoms. The molecule has 78 valence electrons. The van der Waals surface area contributed by atoms with Crippen LogP contribution in [-0.4, -0.2) is 23.9 Å². The molecule has 0 aromatic carbocycles. The van der Waals surface area contributed by atoms with Gasteiger partial charge in [0, 0.05) is 20.0 Å². The van der Waals surface area contributed by atoms with Crippen LogP contribution in [0.25, 0.3) is 0 Å². The lowest BCUT2D eigenvalue weighted by atomic mass is 10.0. The standard InChI is InChI=1S/C11H23NO/c1-5-7-9-11(8-6-2)12(4)10(3)13/h11H,5-9H2,1-4H3/t11-/m0/s1. The molecule has 0 aliphatic heterocycles. The number of nitrogens with zero attached hydrogens (tertiary/aromatic N) is 1. The van der Waals surface area contributed by atoms with Crippen LogP contribution < -0.4 is 0 Å². The zero-order valence-electron chi connectivity index (χ0n) is 9.47. The molecular formula is C11H23NO. The smallest absolute Gasteiger partial charge is 0.219 e. The van der Waals surface area contributed by atoms with Crippen molar-refractivity contribution >= 4 is 5.91 Å². The van der Waals surface area contributed by atoms with E-state index in [2.05, 4.69) is 13.8 Å². The Balaban J connectivity index is 3.98. The average molecular weight is 185 g/mol. The predicted molar refractivity (Wildman–Crippen MR) is 56.7 cm³/mol. The summed E-state index contributed by atoms with van der Waals surface area (Å²) < 4.78 is 0. The molecule has 0 aliphatic rings. The Morgan fingerprint density at radius 3 is 2.23 bits per heavy atom. The van der Waals surface area contributed by atoms with Crippen LogP contribution in [0.3, 0.4) is 0 Å². The molecule has 13 heavy (non-hydrogen) atoms. The number of carbonyl (C=O) groups excluding carboxylic acids is 1.